The molecule has 128 valence electrons. The molecule has 1 atom stereocenters. The molecule has 2 aromatic carbocycles. The van der Waals surface area contributed by atoms with Gasteiger partial charge in [-0.15, -0.1) is 11.3 Å². The Labute approximate surface area is 154 Å². The van der Waals surface area contributed by atoms with Crippen LogP contribution in [-0.4, -0.2) is 15.9 Å². The number of fused-ring (bicyclic) bond motifs is 1. The minimum Gasteiger partial charge on any atom is -0.368 e. The first kappa shape index (κ1) is 16.2. The van der Waals surface area contributed by atoms with Crippen LogP contribution in [0.1, 0.15) is 11.6 Å². The van der Waals surface area contributed by atoms with E-state index in [2.05, 4.69) is 27.4 Å². The molecule has 26 heavy (non-hydrogen) atoms. The van der Waals surface area contributed by atoms with Crippen LogP contribution in [0.25, 0.3) is 20.7 Å². The molecule has 4 aromatic rings. The fourth-order valence-electron chi connectivity index (χ4n) is 2.82. The van der Waals surface area contributed by atoms with Gasteiger partial charge < -0.3 is 11.1 Å². The van der Waals surface area contributed by atoms with E-state index < -0.39 is 11.9 Å². The van der Waals surface area contributed by atoms with Crippen molar-refractivity contribution in [2.24, 2.45) is 5.73 Å². The first-order chi connectivity index (χ1) is 12.7. The smallest absolute Gasteiger partial charge is 0.244 e. The number of nitrogens with two attached hydrogens (primary N) is 1. The first-order valence-corrected chi connectivity index (χ1v) is 8.95. The fraction of sp³-hybridized carbons (Fsp3) is 0.0500. The average molecular weight is 360 g/mol. The molecule has 0 radical (unpaired) electrons. The van der Waals surface area contributed by atoms with Crippen LogP contribution in [-0.2, 0) is 4.79 Å². The zero-order valence-electron chi connectivity index (χ0n) is 13.8. The molecule has 5 nitrogen and oxygen atoms in total. The van der Waals surface area contributed by atoms with E-state index in [4.69, 9.17) is 5.73 Å². The van der Waals surface area contributed by atoms with Crippen molar-refractivity contribution in [2.45, 2.75) is 6.04 Å². The summed E-state index contributed by atoms with van der Waals surface area (Å²) in [7, 11) is 0. The summed E-state index contributed by atoms with van der Waals surface area (Å²) >= 11 is 1.59. The summed E-state index contributed by atoms with van der Waals surface area (Å²) in [5.41, 5.74) is 7.53. The normalized spacial score (nSPS) is 12.0. The molecule has 3 N–H and O–H groups in total. The molecule has 6 heteroatoms. The van der Waals surface area contributed by atoms with Gasteiger partial charge in [0, 0.05) is 4.88 Å². The van der Waals surface area contributed by atoms with Gasteiger partial charge in [-0.3, -0.25) is 4.79 Å². The molecule has 0 fully saturated rings. The van der Waals surface area contributed by atoms with Gasteiger partial charge >= 0.3 is 0 Å². The number of anilines is 1. The highest BCUT2D eigenvalue weighted by molar-refractivity contribution is 7.21. The molecule has 2 heterocycles. The van der Waals surface area contributed by atoms with Crippen LogP contribution < -0.4 is 11.1 Å². The lowest BCUT2D eigenvalue weighted by atomic mass is 10.1. The highest BCUT2D eigenvalue weighted by atomic mass is 32.1. The monoisotopic (exact) mass is 360 g/mol. The Hall–Kier alpha value is -3.25. The Morgan fingerprint density at radius 3 is 2.38 bits per heavy atom. The van der Waals surface area contributed by atoms with Crippen LogP contribution in [0.3, 0.4) is 0 Å². The van der Waals surface area contributed by atoms with Crippen molar-refractivity contribution in [3.8, 4) is 10.4 Å². The van der Waals surface area contributed by atoms with Gasteiger partial charge in [0.1, 0.15) is 23.0 Å². The van der Waals surface area contributed by atoms with E-state index in [9.17, 15) is 4.79 Å². The van der Waals surface area contributed by atoms with Crippen molar-refractivity contribution in [2.75, 3.05) is 5.32 Å². The number of nitrogens with zero attached hydrogens (tertiary/aromatic N) is 2. The van der Waals surface area contributed by atoms with E-state index >= 15 is 0 Å². The number of thiophene rings is 1. The lowest BCUT2D eigenvalue weighted by molar-refractivity contribution is -0.118. The summed E-state index contributed by atoms with van der Waals surface area (Å²) in [6, 6.07) is 20.9. The minimum absolute atomic E-state index is 0.457. The van der Waals surface area contributed by atoms with E-state index in [1.807, 2.05) is 54.6 Å². The molecule has 1 unspecified atom stereocenters. The van der Waals surface area contributed by atoms with Gasteiger partial charge in [-0.1, -0.05) is 60.7 Å². The number of carbonyl (C=O) groups is 1. The van der Waals surface area contributed by atoms with E-state index in [0.717, 1.165) is 26.2 Å². The number of hydrogen-bond acceptors (Lipinski definition) is 5. The molecule has 0 saturated heterocycles. The third kappa shape index (κ3) is 3.14. The molecule has 0 saturated carbocycles. The van der Waals surface area contributed by atoms with Crippen molar-refractivity contribution in [1.29, 1.82) is 0 Å². The standard InChI is InChI=1S/C20H16N4OS/c21-18(25)17(14-9-5-2-6-10-14)24-19-15-11-16(13-7-3-1-4-8-13)26-20(15)23-12-22-19/h1-12,17H,(H2,21,25)(H,22,23,24). The van der Waals surface area contributed by atoms with E-state index in [1.54, 1.807) is 11.3 Å². The molecule has 0 spiro atoms. The largest absolute Gasteiger partial charge is 0.368 e. The SMILES string of the molecule is NC(=O)C(Nc1ncnc2sc(-c3ccccc3)cc12)c1ccccc1. The third-order valence-corrected chi connectivity index (χ3v) is 5.18. The first-order valence-electron chi connectivity index (χ1n) is 8.13. The quantitative estimate of drug-likeness (QED) is 0.564. The number of rotatable bonds is 5. The van der Waals surface area contributed by atoms with Crippen LogP contribution in [0.5, 0.6) is 0 Å². The Bertz CT molecular complexity index is 1050. The molecular formula is C20H16N4OS. The second-order valence-electron chi connectivity index (χ2n) is 5.81. The molecule has 4 rings (SSSR count). The van der Waals surface area contributed by atoms with Gasteiger partial charge in [-0.25, -0.2) is 9.97 Å². The molecule has 1 amide bonds. The van der Waals surface area contributed by atoms with Crippen LogP contribution in [0.4, 0.5) is 5.82 Å². The van der Waals surface area contributed by atoms with Crippen molar-refractivity contribution in [3.05, 3.63) is 78.6 Å². The maximum absolute atomic E-state index is 12.0. The van der Waals surface area contributed by atoms with E-state index in [-0.39, 0.29) is 0 Å². The predicted molar refractivity (Wildman–Crippen MR) is 105 cm³/mol. The number of nitrogens with one attached hydrogen (secondary N) is 1. The number of carbonyl (C=O) groups excluding carboxylic acids is 1. The lowest BCUT2D eigenvalue weighted by Crippen LogP contribution is -2.28. The third-order valence-electron chi connectivity index (χ3n) is 4.09. The Balaban J connectivity index is 1.74. The van der Waals surface area contributed by atoms with Gasteiger partial charge in [0.05, 0.1) is 5.39 Å². The van der Waals surface area contributed by atoms with Crippen molar-refractivity contribution in [3.63, 3.8) is 0 Å². The maximum Gasteiger partial charge on any atom is 0.244 e. The second kappa shape index (κ2) is 6.93. The summed E-state index contributed by atoms with van der Waals surface area (Å²) in [6.07, 6.45) is 1.50. The molecular weight excluding hydrogens is 344 g/mol. The number of amides is 1. The summed E-state index contributed by atoms with van der Waals surface area (Å²) in [5, 5.41) is 4.06. The Morgan fingerprint density at radius 1 is 1.00 bits per heavy atom. The summed E-state index contributed by atoms with van der Waals surface area (Å²) in [4.78, 5) is 22.6. The number of hydrogen-bond donors (Lipinski definition) is 2. The molecule has 2 aromatic heterocycles. The maximum atomic E-state index is 12.0. The van der Waals surface area contributed by atoms with E-state index in [1.165, 1.54) is 6.33 Å². The predicted octanol–water partition coefficient (Wildman–Crippen LogP) is 4.00. The summed E-state index contributed by atoms with van der Waals surface area (Å²) < 4.78 is 0. The van der Waals surface area contributed by atoms with Gasteiger partial charge in [-0.2, -0.15) is 0 Å². The summed E-state index contributed by atoms with van der Waals surface area (Å²) in [5.74, 6) is 0.141. The van der Waals surface area contributed by atoms with Gasteiger partial charge in [0.25, 0.3) is 0 Å². The fourth-order valence-corrected chi connectivity index (χ4v) is 3.82. The topological polar surface area (TPSA) is 80.9 Å². The van der Waals surface area contributed by atoms with Gasteiger partial charge in [0.15, 0.2) is 0 Å². The Morgan fingerprint density at radius 2 is 1.69 bits per heavy atom. The van der Waals surface area contributed by atoms with Crippen LogP contribution >= 0.6 is 11.3 Å². The molecule has 0 aliphatic carbocycles. The number of benzene rings is 2. The number of aromatic nitrogens is 2. The highest BCUT2D eigenvalue weighted by Gasteiger charge is 2.20. The molecule has 0 aliphatic heterocycles. The van der Waals surface area contributed by atoms with Crippen LogP contribution in [0.2, 0.25) is 0 Å². The zero-order chi connectivity index (χ0) is 17.9. The van der Waals surface area contributed by atoms with Crippen molar-refractivity contribution >= 4 is 33.3 Å². The molecule has 0 bridgehead atoms. The number of primary amides is 1. The lowest BCUT2D eigenvalue weighted by Gasteiger charge is -2.16. The zero-order valence-corrected chi connectivity index (χ0v) is 14.6. The Kier molecular flexibility index (Phi) is 4.33. The van der Waals surface area contributed by atoms with Crippen molar-refractivity contribution < 1.29 is 4.79 Å². The average Bonchev–Trinajstić information content (AvgIpc) is 3.12. The van der Waals surface area contributed by atoms with E-state index in [0.29, 0.717) is 5.82 Å². The van der Waals surface area contributed by atoms with Gasteiger partial charge in [-0.05, 0) is 17.2 Å². The molecule has 0 aliphatic rings. The van der Waals surface area contributed by atoms with Crippen LogP contribution in [0, 0.1) is 0 Å². The van der Waals surface area contributed by atoms with Gasteiger partial charge in [0.2, 0.25) is 5.91 Å². The minimum atomic E-state index is -0.658. The highest BCUT2D eigenvalue weighted by Crippen LogP contribution is 2.35. The van der Waals surface area contributed by atoms with Crippen LogP contribution in [0.15, 0.2) is 73.1 Å². The second-order valence-corrected chi connectivity index (χ2v) is 6.84. The summed E-state index contributed by atoms with van der Waals surface area (Å²) in [6.45, 7) is 0. The van der Waals surface area contributed by atoms with Crippen molar-refractivity contribution in [1.82, 2.24) is 9.97 Å².